The summed E-state index contributed by atoms with van der Waals surface area (Å²) in [5.74, 6) is 1.38. The molecule has 0 unspecified atom stereocenters. The second-order valence-corrected chi connectivity index (χ2v) is 7.58. The van der Waals surface area contributed by atoms with Crippen LogP contribution in [0.15, 0.2) is 47.6 Å². The van der Waals surface area contributed by atoms with Crippen LogP contribution < -0.4 is 15.4 Å². The monoisotopic (exact) mass is 416 g/mol. The molecule has 0 bridgehead atoms. The molecular weight excluding hydrogens is 388 g/mol. The summed E-state index contributed by atoms with van der Waals surface area (Å²) in [7, 11) is 1.65. The van der Waals surface area contributed by atoms with Crippen molar-refractivity contribution in [1.82, 2.24) is 15.6 Å². The van der Waals surface area contributed by atoms with E-state index in [-0.39, 0.29) is 5.41 Å². The molecule has 1 aliphatic carbocycles. The minimum absolute atomic E-state index is 0.143. The standard InChI is InChI=1S/C22H29ClN4O2/c1-3-24-21(26-15-17-6-5-11-25-20(17)29-13-12-28-2)27-16-22(9-10-22)18-7-4-8-19(23)14-18/h4-8,11,14H,3,9-10,12-13,15-16H2,1-2H3,(H2,24,26,27). The first kappa shape index (κ1) is 21.4. The first-order valence-electron chi connectivity index (χ1n) is 10.0. The van der Waals surface area contributed by atoms with Gasteiger partial charge in [-0.25, -0.2) is 9.98 Å². The quantitative estimate of drug-likeness (QED) is 0.352. The van der Waals surface area contributed by atoms with Crippen LogP contribution in [-0.2, 0) is 16.7 Å². The zero-order valence-corrected chi connectivity index (χ0v) is 17.8. The summed E-state index contributed by atoms with van der Waals surface area (Å²) >= 11 is 6.19. The highest BCUT2D eigenvalue weighted by Gasteiger charge is 2.44. The van der Waals surface area contributed by atoms with Gasteiger partial charge in [-0.15, -0.1) is 0 Å². The van der Waals surface area contributed by atoms with Gasteiger partial charge in [-0.3, -0.25) is 0 Å². The van der Waals surface area contributed by atoms with Gasteiger partial charge in [0.25, 0.3) is 0 Å². The Morgan fingerprint density at radius 2 is 2.07 bits per heavy atom. The number of ether oxygens (including phenoxy) is 2. The zero-order valence-electron chi connectivity index (χ0n) is 17.1. The number of benzene rings is 1. The molecule has 1 aromatic heterocycles. The van der Waals surface area contributed by atoms with Crippen molar-refractivity contribution in [1.29, 1.82) is 0 Å². The van der Waals surface area contributed by atoms with Crippen LogP contribution in [0.1, 0.15) is 30.9 Å². The lowest BCUT2D eigenvalue weighted by molar-refractivity contribution is 0.143. The number of pyridine rings is 1. The van der Waals surface area contributed by atoms with Gasteiger partial charge in [0, 0.05) is 42.4 Å². The minimum Gasteiger partial charge on any atom is -0.475 e. The van der Waals surface area contributed by atoms with E-state index in [1.807, 2.05) is 24.3 Å². The molecule has 6 nitrogen and oxygen atoms in total. The molecule has 2 aromatic rings. The molecule has 0 aliphatic heterocycles. The topological polar surface area (TPSA) is 67.8 Å². The Kier molecular flexibility index (Phi) is 7.72. The maximum atomic E-state index is 6.19. The Morgan fingerprint density at radius 3 is 2.79 bits per heavy atom. The highest BCUT2D eigenvalue weighted by molar-refractivity contribution is 6.30. The summed E-state index contributed by atoms with van der Waals surface area (Å²) in [4.78, 5) is 9.05. The summed E-state index contributed by atoms with van der Waals surface area (Å²) in [5.41, 5.74) is 2.37. The van der Waals surface area contributed by atoms with Gasteiger partial charge < -0.3 is 20.1 Å². The van der Waals surface area contributed by atoms with Crippen molar-refractivity contribution in [3.05, 3.63) is 58.7 Å². The number of hydrogen-bond acceptors (Lipinski definition) is 4. The van der Waals surface area contributed by atoms with E-state index in [1.54, 1.807) is 13.3 Å². The van der Waals surface area contributed by atoms with Crippen molar-refractivity contribution in [3.63, 3.8) is 0 Å². The van der Waals surface area contributed by atoms with E-state index in [2.05, 4.69) is 34.7 Å². The predicted octanol–water partition coefficient (Wildman–Crippen LogP) is 3.55. The van der Waals surface area contributed by atoms with Gasteiger partial charge in [0.1, 0.15) is 6.61 Å². The normalized spacial score (nSPS) is 15.1. The molecule has 156 valence electrons. The molecule has 0 amide bonds. The summed E-state index contributed by atoms with van der Waals surface area (Å²) in [6.45, 7) is 5.14. The lowest BCUT2D eigenvalue weighted by Crippen LogP contribution is -2.41. The van der Waals surface area contributed by atoms with Gasteiger partial charge in [0.15, 0.2) is 5.96 Å². The summed E-state index contributed by atoms with van der Waals surface area (Å²) in [6.07, 6.45) is 4.03. The Bertz CT molecular complexity index is 824. The fourth-order valence-corrected chi connectivity index (χ4v) is 3.38. The first-order valence-corrected chi connectivity index (χ1v) is 10.4. The summed E-state index contributed by atoms with van der Waals surface area (Å²) in [6, 6.07) is 12.0. The number of nitrogens with zero attached hydrogens (tertiary/aromatic N) is 2. The van der Waals surface area contributed by atoms with Gasteiger partial charge in [0.05, 0.1) is 13.2 Å². The third-order valence-corrected chi connectivity index (χ3v) is 5.25. The molecule has 7 heteroatoms. The molecule has 0 spiro atoms. The number of halogens is 1. The van der Waals surface area contributed by atoms with Crippen molar-refractivity contribution < 1.29 is 9.47 Å². The Balaban J connectivity index is 1.64. The van der Waals surface area contributed by atoms with Gasteiger partial charge in [-0.2, -0.15) is 0 Å². The van der Waals surface area contributed by atoms with Gasteiger partial charge in [-0.1, -0.05) is 29.8 Å². The third-order valence-electron chi connectivity index (χ3n) is 5.01. The second kappa shape index (κ2) is 10.5. The highest BCUT2D eigenvalue weighted by Crippen LogP contribution is 2.48. The number of hydrogen-bond donors (Lipinski definition) is 2. The molecule has 3 rings (SSSR count). The molecule has 1 saturated carbocycles. The number of nitrogens with one attached hydrogen (secondary N) is 2. The first-order chi connectivity index (χ1) is 14.2. The third kappa shape index (κ3) is 6.08. The summed E-state index contributed by atoms with van der Waals surface area (Å²) < 4.78 is 10.7. The van der Waals surface area contributed by atoms with E-state index in [1.165, 1.54) is 5.56 Å². The molecule has 0 atom stereocenters. The number of aromatic nitrogens is 1. The molecule has 29 heavy (non-hydrogen) atoms. The lowest BCUT2D eigenvalue weighted by Gasteiger charge is -2.19. The molecule has 1 fully saturated rings. The Hall–Kier alpha value is -2.31. The van der Waals surface area contributed by atoms with Crippen LogP contribution >= 0.6 is 11.6 Å². The van der Waals surface area contributed by atoms with Crippen LogP contribution in [0.2, 0.25) is 5.02 Å². The van der Waals surface area contributed by atoms with Gasteiger partial charge in [0.2, 0.25) is 5.88 Å². The van der Waals surface area contributed by atoms with E-state index in [9.17, 15) is 0 Å². The van der Waals surface area contributed by atoms with Crippen molar-refractivity contribution in [3.8, 4) is 5.88 Å². The fourth-order valence-electron chi connectivity index (χ4n) is 3.19. The average Bonchev–Trinajstić information content (AvgIpc) is 3.52. The van der Waals surface area contributed by atoms with Crippen LogP contribution in [0.5, 0.6) is 5.88 Å². The SMILES string of the molecule is CCNC(=NCc1cccnc1OCCOC)NCC1(c2cccc(Cl)c2)CC1. The average molecular weight is 417 g/mol. The number of rotatable bonds is 10. The lowest BCUT2D eigenvalue weighted by atomic mass is 9.96. The highest BCUT2D eigenvalue weighted by atomic mass is 35.5. The van der Waals surface area contributed by atoms with Gasteiger partial charge >= 0.3 is 0 Å². The van der Waals surface area contributed by atoms with Crippen molar-refractivity contribution in [2.24, 2.45) is 4.99 Å². The number of methoxy groups -OCH3 is 1. The Labute approximate surface area is 177 Å². The Morgan fingerprint density at radius 1 is 1.21 bits per heavy atom. The van der Waals surface area contributed by atoms with E-state index in [0.29, 0.717) is 25.6 Å². The van der Waals surface area contributed by atoms with Crippen molar-refractivity contribution in [2.75, 3.05) is 33.4 Å². The molecule has 2 N–H and O–H groups in total. The number of aliphatic imine (C=N–C) groups is 1. The minimum atomic E-state index is 0.143. The van der Waals surface area contributed by atoms with Crippen molar-refractivity contribution in [2.45, 2.75) is 31.7 Å². The second-order valence-electron chi connectivity index (χ2n) is 7.15. The molecule has 1 aliphatic rings. The van der Waals surface area contributed by atoms with Crippen LogP contribution in [0, 0.1) is 0 Å². The molecule has 1 heterocycles. The van der Waals surface area contributed by atoms with E-state index in [4.69, 9.17) is 26.1 Å². The van der Waals surface area contributed by atoms with Crippen LogP contribution in [0.4, 0.5) is 0 Å². The van der Waals surface area contributed by atoms with Crippen molar-refractivity contribution >= 4 is 17.6 Å². The maximum absolute atomic E-state index is 6.19. The molecule has 1 aromatic carbocycles. The van der Waals surface area contributed by atoms with E-state index < -0.39 is 0 Å². The molecule has 0 saturated heterocycles. The number of guanidine groups is 1. The smallest absolute Gasteiger partial charge is 0.218 e. The molecular formula is C22H29ClN4O2. The van der Waals surface area contributed by atoms with Gasteiger partial charge in [-0.05, 0) is 43.5 Å². The van der Waals surface area contributed by atoms with E-state index >= 15 is 0 Å². The van der Waals surface area contributed by atoms with Crippen LogP contribution in [0.25, 0.3) is 0 Å². The summed E-state index contributed by atoms with van der Waals surface area (Å²) in [5, 5.41) is 7.60. The zero-order chi connectivity index (χ0) is 20.5. The van der Waals surface area contributed by atoms with Crippen LogP contribution in [-0.4, -0.2) is 44.4 Å². The predicted molar refractivity (Wildman–Crippen MR) is 117 cm³/mol. The van der Waals surface area contributed by atoms with Crippen LogP contribution in [0.3, 0.4) is 0 Å². The van der Waals surface area contributed by atoms with E-state index in [0.717, 1.165) is 42.5 Å². The largest absolute Gasteiger partial charge is 0.475 e. The molecule has 0 radical (unpaired) electrons. The maximum Gasteiger partial charge on any atom is 0.218 e. The fraction of sp³-hybridized carbons (Fsp3) is 0.455.